The fourth-order valence-electron chi connectivity index (χ4n) is 1.54. The maximum atomic E-state index is 9.06. The third-order valence-corrected chi connectivity index (χ3v) is 2.97. The summed E-state index contributed by atoms with van der Waals surface area (Å²) in [4.78, 5) is 0. The fraction of sp³-hybridized carbons (Fsp3) is 0.600. The lowest BCUT2D eigenvalue weighted by molar-refractivity contribution is 0.115. The van der Waals surface area contributed by atoms with E-state index in [2.05, 4.69) is 31.2 Å². The van der Waals surface area contributed by atoms with E-state index in [1.54, 1.807) is 0 Å². The largest absolute Gasteiger partial charge is 0.394 e. The van der Waals surface area contributed by atoms with Crippen LogP contribution in [-0.4, -0.2) is 29.0 Å². The summed E-state index contributed by atoms with van der Waals surface area (Å²) in [6, 6.07) is 8.36. The Morgan fingerprint density at radius 3 is 1.83 bits per heavy atom. The second kappa shape index (κ2) is 9.09. The first-order chi connectivity index (χ1) is 8.63. The number of rotatable bonds is 6. The van der Waals surface area contributed by atoms with Crippen molar-refractivity contribution in [3.63, 3.8) is 0 Å². The van der Waals surface area contributed by atoms with Crippen LogP contribution < -0.4 is 5.73 Å². The molecule has 0 spiro atoms. The fourth-order valence-corrected chi connectivity index (χ4v) is 1.54. The normalized spacial score (nSPS) is 10.8. The quantitative estimate of drug-likeness (QED) is 0.725. The summed E-state index contributed by atoms with van der Waals surface area (Å²) >= 11 is 0. The highest BCUT2D eigenvalue weighted by molar-refractivity contribution is 5.22. The van der Waals surface area contributed by atoms with Crippen LogP contribution in [0.1, 0.15) is 38.3 Å². The Morgan fingerprint density at radius 1 is 1.00 bits per heavy atom. The molecule has 0 amide bonds. The summed E-state index contributed by atoms with van der Waals surface area (Å²) in [6.07, 6.45) is 2.40. The highest BCUT2D eigenvalue weighted by Gasteiger charge is 2.22. The molecule has 0 unspecified atom stereocenters. The predicted molar refractivity (Wildman–Crippen MR) is 76.6 cm³/mol. The van der Waals surface area contributed by atoms with Gasteiger partial charge < -0.3 is 15.9 Å². The van der Waals surface area contributed by atoms with E-state index in [-0.39, 0.29) is 13.2 Å². The monoisotopic (exact) mass is 253 g/mol. The summed E-state index contributed by atoms with van der Waals surface area (Å²) in [5, 5.41) is 18.1. The van der Waals surface area contributed by atoms with Gasteiger partial charge in [-0.25, -0.2) is 0 Å². The lowest BCUT2D eigenvalue weighted by atomic mass is 9.93. The molecule has 0 heterocycles. The van der Waals surface area contributed by atoms with E-state index in [1.807, 2.05) is 13.8 Å². The Bertz CT molecular complexity index is 305. The zero-order valence-corrected chi connectivity index (χ0v) is 11.8. The lowest BCUT2D eigenvalue weighted by Crippen LogP contribution is -2.47. The molecule has 0 radical (unpaired) electrons. The van der Waals surface area contributed by atoms with Crippen molar-refractivity contribution in [2.24, 2.45) is 5.73 Å². The molecule has 1 rings (SSSR count). The van der Waals surface area contributed by atoms with E-state index < -0.39 is 5.54 Å². The molecule has 1 aromatic carbocycles. The van der Waals surface area contributed by atoms with Crippen LogP contribution in [0.2, 0.25) is 0 Å². The maximum absolute atomic E-state index is 9.06. The van der Waals surface area contributed by atoms with Gasteiger partial charge in [0.2, 0.25) is 0 Å². The molecule has 3 nitrogen and oxygen atoms in total. The summed E-state index contributed by atoms with van der Waals surface area (Å²) in [5.74, 6) is 0. The summed E-state index contributed by atoms with van der Waals surface area (Å²) < 4.78 is 0. The zero-order valence-electron chi connectivity index (χ0n) is 11.8. The van der Waals surface area contributed by atoms with Gasteiger partial charge in [-0.3, -0.25) is 0 Å². The topological polar surface area (TPSA) is 66.5 Å². The summed E-state index contributed by atoms with van der Waals surface area (Å²) in [7, 11) is 0. The number of nitrogens with two attached hydrogens (primary N) is 1. The standard InChI is InChI=1S/C13H21NO2.C2H6/c1-2-11-3-5-12(6-4-11)7-8-13(14,9-15)10-16;1-2/h3-6,15-16H,2,7-10,14H2,1H3;1-2H3. The van der Waals surface area contributed by atoms with Crippen molar-refractivity contribution in [3.8, 4) is 0 Å². The van der Waals surface area contributed by atoms with Gasteiger partial charge in [-0.1, -0.05) is 45.0 Å². The van der Waals surface area contributed by atoms with Gasteiger partial charge >= 0.3 is 0 Å². The molecular formula is C15H27NO2. The number of benzene rings is 1. The first-order valence-corrected chi connectivity index (χ1v) is 6.72. The van der Waals surface area contributed by atoms with Crippen molar-refractivity contribution in [3.05, 3.63) is 35.4 Å². The van der Waals surface area contributed by atoms with Crippen molar-refractivity contribution < 1.29 is 10.2 Å². The van der Waals surface area contributed by atoms with Gasteiger partial charge in [-0.15, -0.1) is 0 Å². The molecule has 0 fully saturated rings. The maximum Gasteiger partial charge on any atom is 0.0633 e. The van der Waals surface area contributed by atoms with Gasteiger partial charge in [0.1, 0.15) is 0 Å². The van der Waals surface area contributed by atoms with E-state index in [0.717, 1.165) is 12.8 Å². The van der Waals surface area contributed by atoms with Gasteiger partial charge in [0.15, 0.2) is 0 Å². The minimum Gasteiger partial charge on any atom is -0.394 e. The molecule has 0 bridgehead atoms. The van der Waals surface area contributed by atoms with E-state index in [0.29, 0.717) is 6.42 Å². The molecule has 0 aliphatic heterocycles. The second-order valence-electron chi connectivity index (χ2n) is 4.35. The average Bonchev–Trinajstić information content (AvgIpc) is 2.47. The molecule has 0 aliphatic carbocycles. The molecule has 0 aliphatic rings. The Kier molecular flexibility index (Phi) is 8.63. The number of hydrogen-bond acceptors (Lipinski definition) is 3. The van der Waals surface area contributed by atoms with Gasteiger partial charge in [-0.05, 0) is 30.4 Å². The van der Waals surface area contributed by atoms with E-state index in [4.69, 9.17) is 15.9 Å². The molecule has 0 atom stereocenters. The molecule has 1 aromatic rings. The Morgan fingerprint density at radius 2 is 1.44 bits per heavy atom. The number of aryl methyl sites for hydroxylation is 2. The molecule has 4 N–H and O–H groups in total. The first kappa shape index (κ1) is 17.1. The van der Waals surface area contributed by atoms with Crippen LogP contribution in [0.15, 0.2) is 24.3 Å². The van der Waals surface area contributed by atoms with Gasteiger partial charge in [0.25, 0.3) is 0 Å². The molecule has 0 saturated carbocycles. The highest BCUT2D eigenvalue weighted by atomic mass is 16.3. The third kappa shape index (κ3) is 5.63. The Hall–Kier alpha value is -0.900. The lowest BCUT2D eigenvalue weighted by Gasteiger charge is -2.24. The van der Waals surface area contributed by atoms with E-state index >= 15 is 0 Å². The smallest absolute Gasteiger partial charge is 0.0633 e. The number of aliphatic hydroxyl groups excluding tert-OH is 2. The third-order valence-electron chi connectivity index (χ3n) is 2.97. The number of aliphatic hydroxyl groups is 2. The summed E-state index contributed by atoms with van der Waals surface area (Å²) in [5.41, 5.74) is 7.44. The van der Waals surface area contributed by atoms with Gasteiger partial charge in [0, 0.05) is 0 Å². The second-order valence-corrected chi connectivity index (χ2v) is 4.35. The molecule has 0 saturated heterocycles. The Labute approximate surface area is 111 Å². The molecule has 18 heavy (non-hydrogen) atoms. The van der Waals surface area contributed by atoms with Gasteiger partial charge in [0.05, 0.1) is 18.8 Å². The van der Waals surface area contributed by atoms with Gasteiger partial charge in [-0.2, -0.15) is 0 Å². The highest BCUT2D eigenvalue weighted by Crippen LogP contribution is 2.12. The predicted octanol–water partition coefficient (Wildman–Crippen LogP) is 1.89. The molecule has 0 aromatic heterocycles. The van der Waals surface area contributed by atoms with Crippen LogP contribution in [0.5, 0.6) is 0 Å². The molecular weight excluding hydrogens is 226 g/mol. The molecule has 3 heteroatoms. The first-order valence-electron chi connectivity index (χ1n) is 6.72. The minimum absolute atomic E-state index is 0.184. The SMILES string of the molecule is CC.CCc1ccc(CCC(N)(CO)CO)cc1. The average molecular weight is 253 g/mol. The van der Waals surface area contributed by atoms with Crippen LogP contribution in [0.4, 0.5) is 0 Å². The van der Waals surface area contributed by atoms with E-state index in [1.165, 1.54) is 11.1 Å². The van der Waals surface area contributed by atoms with Crippen molar-refractivity contribution in [2.75, 3.05) is 13.2 Å². The van der Waals surface area contributed by atoms with Crippen molar-refractivity contribution in [2.45, 2.75) is 45.6 Å². The zero-order chi connectivity index (χ0) is 14.0. The molecule has 104 valence electrons. The Balaban J connectivity index is 0.00000137. The number of hydrogen-bond donors (Lipinski definition) is 3. The van der Waals surface area contributed by atoms with Crippen LogP contribution in [0, 0.1) is 0 Å². The van der Waals surface area contributed by atoms with Crippen LogP contribution >= 0.6 is 0 Å². The van der Waals surface area contributed by atoms with Crippen molar-refractivity contribution >= 4 is 0 Å². The van der Waals surface area contributed by atoms with Crippen LogP contribution in [0.25, 0.3) is 0 Å². The summed E-state index contributed by atoms with van der Waals surface area (Å²) in [6.45, 7) is 5.75. The van der Waals surface area contributed by atoms with E-state index in [9.17, 15) is 0 Å². The minimum atomic E-state index is -0.858. The van der Waals surface area contributed by atoms with Crippen molar-refractivity contribution in [1.29, 1.82) is 0 Å². The van der Waals surface area contributed by atoms with Crippen LogP contribution in [-0.2, 0) is 12.8 Å². The van der Waals surface area contributed by atoms with Crippen molar-refractivity contribution in [1.82, 2.24) is 0 Å². The van der Waals surface area contributed by atoms with Crippen LogP contribution in [0.3, 0.4) is 0 Å².